The molecule has 3 nitrogen and oxygen atoms in total. The zero-order chi connectivity index (χ0) is 12.4. The van der Waals surface area contributed by atoms with Crippen molar-refractivity contribution in [1.29, 1.82) is 0 Å². The number of methoxy groups -OCH3 is 1. The Hall–Kier alpha value is -1.87. The largest absolute Gasteiger partial charge is 0.494 e. The molecule has 0 amide bonds. The van der Waals surface area contributed by atoms with E-state index in [0.29, 0.717) is 0 Å². The van der Waals surface area contributed by atoms with E-state index in [1.54, 1.807) is 7.11 Å². The topological polar surface area (TPSA) is 34.1 Å². The molecule has 0 saturated heterocycles. The van der Waals surface area contributed by atoms with Crippen molar-refractivity contribution >= 4 is 0 Å². The van der Waals surface area contributed by atoms with E-state index in [0.717, 1.165) is 31.0 Å². The monoisotopic (exact) mass is 240 g/mol. The van der Waals surface area contributed by atoms with Crippen LogP contribution < -0.4 is 10.1 Å². The van der Waals surface area contributed by atoms with E-state index >= 15 is 0 Å². The van der Waals surface area contributed by atoms with Crippen molar-refractivity contribution in [2.75, 3.05) is 13.7 Å². The number of nitrogens with one attached hydrogen (secondary N) is 1. The lowest BCUT2D eigenvalue weighted by molar-refractivity contribution is 0.414. The fraction of sp³-hybridized carbons (Fsp3) is 0.267. The molecule has 0 aliphatic carbocycles. The molecule has 1 aliphatic heterocycles. The van der Waals surface area contributed by atoms with Gasteiger partial charge >= 0.3 is 0 Å². The Labute approximate surface area is 107 Å². The minimum Gasteiger partial charge on any atom is -0.494 e. The normalized spacial score (nSPS) is 14.1. The summed E-state index contributed by atoms with van der Waals surface area (Å²) in [5, 5.41) is 3.40. The highest BCUT2D eigenvalue weighted by Gasteiger charge is 2.16. The summed E-state index contributed by atoms with van der Waals surface area (Å²) in [5.74, 6) is 0.837. The van der Waals surface area contributed by atoms with Crippen molar-refractivity contribution in [1.82, 2.24) is 10.3 Å². The van der Waals surface area contributed by atoms with Crippen LogP contribution in [-0.2, 0) is 13.0 Å². The number of rotatable bonds is 2. The first-order valence-corrected chi connectivity index (χ1v) is 6.21. The zero-order valence-electron chi connectivity index (χ0n) is 10.4. The molecule has 0 bridgehead atoms. The lowest BCUT2D eigenvalue weighted by atomic mass is 9.93. The van der Waals surface area contributed by atoms with E-state index in [1.165, 1.54) is 16.7 Å². The number of pyridine rings is 1. The van der Waals surface area contributed by atoms with Crippen molar-refractivity contribution < 1.29 is 4.74 Å². The van der Waals surface area contributed by atoms with Gasteiger partial charge in [0, 0.05) is 18.3 Å². The van der Waals surface area contributed by atoms with Gasteiger partial charge in [0.15, 0.2) is 0 Å². The third-order valence-electron chi connectivity index (χ3n) is 3.39. The maximum absolute atomic E-state index is 5.41. The average molecular weight is 240 g/mol. The van der Waals surface area contributed by atoms with Crippen molar-refractivity contribution in [3.63, 3.8) is 0 Å². The SMILES string of the molecule is COc1cccnc1-c1cccc2c1CCNC2. The van der Waals surface area contributed by atoms with Crippen LogP contribution in [0.25, 0.3) is 11.3 Å². The van der Waals surface area contributed by atoms with Crippen molar-refractivity contribution in [3.8, 4) is 17.0 Å². The summed E-state index contributed by atoms with van der Waals surface area (Å²) in [7, 11) is 1.69. The highest BCUT2D eigenvalue weighted by atomic mass is 16.5. The number of hydrogen-bond donors (Lipinski definition) is 1. The summed E-state index contributed by atoms with van der Waals surface area (Å²) in [6.07, 6.45) is 2.86. The lowest BCUT2D eigenvalue weighted by Crippen LogP contribution is -2.24. The van der Waals surface area contributed by atoms with Crippen molar-refractivity contribution in [2.45, 2.75) is 13.0 Å². The van der Waals surface area contributed by atoms with Crippen LogP contribution in [-0.4, -0.2) is 18.6 Å². The predicted molar refractivity (Wildman–Crippen MR) is 71.6 cm³/mol. The average Bonchev–Trinajstić information content (AvgIpc) is 2.46. The Morgan fingerprint density at radius 1 is 1.22 bits per heavy atom. The molecule has 1 aliphatic rings. The molecule has 0 radical (unpaired) electrons. The van der Waals surface area contributed by atoms with Gasteiger partial charge in [-0.1, -0.05) is 18.2 Å². The summed E-state index contributed by atoms with van der Waals surface area (Å²) in [5.41, 5.74) is 4.91. The van der Waals surface area contributed by atoms with E-state index < -0.39 is 0 Å². The number of aromatic nitrogens is 1. The molecule has 2 aromatic rings. The first-order valence-electron chi connectivity index (χ1n) is 6.21. The van der Waals surface area contributed by atoms with E-state index in [1.807, 2.05) is 18.3 Å². The van der Waals surface area contributed by atoms with Crippen LogP contribution in [0.1, 0.15) is 11.1 Å². The lowest BCUT2D eigenvalue weighted by Gasteiger charge is -2.20. The van der Waals surface area contributed by atoms with Crippen LogP contribution in [0.3, 0.4) is 0 Å². The molecule has 3 rings (SSSR count). The Bertz CT molecular complexity index is 566. The molecule has 0 spiro atoms. The number of benzene rings is 1. The summed E-state index contributed by atoms with van der Waals surface area (Å²) in [6.45, 7) is 1.97. The smallest absolute Gasteiger partial charge is 0.145 e. The van der Waals surface area contributed by atoms with Crippen molar-refractivity contribution in [2.24, 2.45) is 0 Å². The molecule has 2 heterocycles. The van der Waals surface area contributed by atoms with Crippen LogP contribution in [0, 0.1) is 0 Å². The molecule has 1 aromatic carbocycles. The summed E-state index contributed by atoms with van der Waals surface area (Å²) < 4.78 is 5.41. The summed E-state index contributed by atoms with van der Waals surface area (Å²) >= 11 is 0. The Balaban J connectivity index is 2.17. The van der Waals surface area contributed by atoms with Gasteiger partial charge in [-0.3, -0.25) is 4.98 Å². The van der Waals surface area contributed by atoms with Crippen LogP contribution in [0.2, 0.25) is 0 Å². The second-order valence-electron chi connectivity index (χ2n) is 4.42. The molecule has 18 heavy (non-hydrogen) atoms. The Kier molecular flexibility index (Phi) is 2.99. The first kappa shape index (κ1) is 11.2. The molecule has 0 unspecified atom stereocenters. The summed E-state index contributed by atoms with van der Waals surface area (Å²) in [4.78, 5) is 4.48. The van der Waals surface area contributed by atoms with Gasteiger partial charge in [0.2, 0.25) is 0 Å². The van der Waals surface area contributed by atoms with Crippen LogP contribution in [0.4, 0.5) is 0 Å². The quantitative estimate of drug-likeness (QED) is 0.875. The molecule has 0 atom stereocenters. The van der Waals surface area contributed by atoms with E-state index in [4.69, 9.17) is 4.74 Å². The maximum Gasteiger partial charge on any atom is 0.145 e. The highest BCUT2D eigenvalue weighted by Crippen LogP contribution is 2.32. The summed E-state index contributed by atoms with van der Waals surface area (Å²) in [6, 6.07) is 10.3. The number of ether oxygens (including phenoxy) is 1. The van der Waals surface area contributed by atoms with Gasteiger partial charge in [-0.05, 0) is 36.2 Å². The molecule has 1 aromatic heterocycles. The second kappa shape index (κ2) is 4.78. The Morgan fingerprint density at radius 3 is 3.06 bits per heavy atom. The fourth-order valence-corrected chi connectivity index (χ4v) is 2.51. The third kappa shape index (κ3) is 1.87. The molecule has 0 saturated carbocycles. The standard InChI is InChI=1S/C15H16N2O/c1-18-14-6-3-8-17-15(14)13-5-2-4-11-10-16-9-7-12(11)13/h2-6,8,16H,7,9-10H2,1H3. The maximum atomic E-state index is 5.41. The molecule has 0 fully saturated rings. The van der Waals surface area contributed by atoms with E-state index in [-0.39, 0.29) is 0 Å². The highest BCUT2D eigenvalue weighted by molar-refractivity contribution is 5.71. The van der Waals surface area contributed by atoms with Gasteiger partial charge in [0.1, 0.15) is 11.4 Å². The number of hydrogen-bond acceptors (Lipinski definition) is 3. The fourth-order valence-electron chi connectivity index (χ4n) is 2.51. The third-order valence-corrected chi connectivity index (χ3v) is 3.39. The number of nitrogens with zero attached hydrogens (tertiary/aromatic N) is 1. The minimum absolute atomic E-state index is 0.837. The number of fused-ring (bicyclic) bond motifs is 1. The predicted octanol–water partition coefficient (Wildman–Crippen LogP) is 2.40. The minimum atomic E-state index is 0.837. The molecular formula is C15H16N2O. The van der Waals surface area contributed by atoms with Gasteiger partial charge in [-0.2, -0.15) is 0 Å². The Morgan fingerprint density at radius 2 is 2.17 bits per heavy atom. The first-order chi connectivity index (χ1) is 8.90. The van der Waals surface area contributed by atoms with Crippen LogP contribution in [0.5, 0.6) is 5.75 Å². The van der Waals surface area contributed by atoms with E-state index in [9.17, 15) is 0 Å². The molecule has 1 N–H and O–H groups in total. The van der Waals surface area contributed by atoms with Gasteiger partial charge in [-0.25, -0.2) is 0 Å². The molecular weight excluding hydrogens is 224 g/mol. The zero-order valence-corrected chi connectivity index (χ0v) is 10.4. The molecule has 92 valence electrons. The van der Waals surface area contributed by atoms with E-state index in [2.05, 4.69) is 28.5 Å². The van der Waals surface area contributed by atoms with Gasteiger partial charge in [-0.15, -0.1) is 0 Å². The van der Waals surface area contributed by atoms with Crippen molar-refractivity contribution in [3.05, 3.63) is 47.7 Å². The second-order valence-corrected chi connectivity index (χ2v) is 4.42. The van der Waals surface area contributed by atoms with Crippen LogP contribution >= 0.6 is 0 Å². The van der Waals surface area contributed by atoms with Gasteiger partial charge in [0.25, 0.3) is 0 Å². The van der Waals surface area contributed by atoms with Gasteiger partial charge in [0.05, 0.1) is 7.11 Å². The van der Waals surface area contributed by atoms with Gasteiger partial charge < -0.3 is 10.1 Å². The van der Waals surface area contributed by atoms with Crippen LogP contribution in [0.15, 0.2) is 36.5 Å². The molecule has 3 heteroatoms.